The molecule has 142 valence electrons. The van der Waals surface area contributed by atoms with Gasteiger partial charge in [0.25, 0.3) is 5.91 Å². The van der Waals surface area contributed by atoms with Gasteiger partial charge in [0, 0.05) is 9.69 Å². The van der Waals surface area contributed by atoms with Gasteiger partial charge in [0.05, 0.1) is 12.5 Å². The average molecular weight is 457 g/mol. The van der Waals surface area contributed by atoms with Gasteiger partial charge in [0.1, 0.15) is 11.4 Å². The maximum Gasteiger partial charge on any atom is 0.276 e. The molecule has 0 bridgehead atoms. The molecule has 0 unspecified atom stereocenters. The SMILES string of the molecule is COc1ccc(/C=C/[C@H]2N=c3ccc(Br)cc3=C3C(=O)NC(SC)=NN32)cc1. The normalized spacial score (nSPS) is 18.2. The van der Waals surface area contributed by atoms with Gasteiger partial charge in [-0.15, -0.1) is 5.10 Å². The van der Waals surface area contributed by atoms with Crippen molar-refractivity contribution in [2.24, 2.45) is 10.1 Å². The van der Waals surface area contributed by atoms with Gasteiger partial charge >= 0.3 is 0 Å². The molecule has 1 amide bonds. The fourth-order valence-electron chi connectivity index (χ4n) is 3.01. The van der Waals surface area contributed by atoms with E-state index in [1.54, 1.807) is 12.1 Å². The largest absolute Gasteiger partial charge is 0.497 e. The number of benzene rings is 2. The minimum Gasteiger partial charge on any atom is -0.497 e. The zero-order valence-corrected chi connectivity index (χ0v) is 17.6. The third-order valence-electron chi connectivity index (χ3n) is 4.37. The van der Waals surface area contributed by atoms with Gasteiger partial charge in [-0.05, 0) is 48.2 Å². The van der Waals surface area contributed by atoms with Crippen LogP contribution in [0.3, 0.4) is 0 Å². The molecule has 0 saturated carbocycles. The number of nitrogens with zero attached hydrogens (tertiary/aromatic N) is 3. The fraction of sp³-hybridized carbons (Fsp3) is 0.150. The number of hydrogen-bond acceptors (Lipinski definition) is 6. The van der Waals surface area contributed by atoms with Crippen LogP contribution in [0.1, 0.15) is 5.56 Å². The zero-order chi connectivity index (χ0) is 19.7. The number of hydrogen-bond donors (Lipinski definition) is 1. The summed E-state index contributed by atoms with van der Waals surface area (Å²) in [7, 11) is 1.64. The molecule has 6 nitrogen and oxygen atoms in total. The molecule has 0 aromatic heterocycles. The van der Waals surface area contributed by atoms with Gasteiger partial charge in [-0.2, -0.15) is 0 Å². The minimum atomic E-state index is -0.418. The maximum absolute atomic E-state index is 12.8. The van der Waals surface area contributed by atoms with Crippen molar-refractivity contribution in [3.05, 3.63) is 69.2 Å². The van der Waals surface area contributed by atoms with Crippen LogP contribution in [0.5, 0.6) is 5.75 Å². The van der Waals surface area contributed by atoms with E-state index in [0.29, 0.717) is 10.9 Å². The maximum atomic E-state index is 12.8. The van der Waals surface area contributed by atoms with Gasteiger partial charge in [-0.3, -0.25) is 15.1 Å². The van der Waals surface area contributed by atoms with Gasteiger partial charge in [-0.1, -0.05) is 45.9 Å². The molecule has 28 heavy (non-hydrogen) atoms. The summed E-state index contributed by atoms with van der Waals surface area (Å²) in [6.45, 7) is 0. The highest BCUT2D eigenvalue weighted by Gasteiger charge is 2.32. The van der Waals surface area contributed by atoms with E-state index < -0.39 is 6.17 Å². The van der Waals surface area contributed by atoms with Crippen LogP contribution in [0.15, 0.2) is 63.1 Å². The Kier molecular flexibility index (Phi) is 5.23. The first-order chi connectivity index (χ1) is 13.6. The minimum absolute atomic E-state index is 0.184. The van der Waals surface area contributed by atoms with E-state index in [-0.39, 0.29) is 5.91 Å². The van der Waals surface area contributed by atoms with E-state index in [4.69, 9.17) is 9.73 Å². The highest BCUT2D eigenvalue weighted by molar-refractivity contribution is 9.10. The Morgan fingerprint density at radius 3 is 2.75 bits per heavy atom. The zero-order valence-electron chi connectivity index (χ0n) is 15.2. The Morgan fingerprint density at radius 1 is 1.25 bits per heavy atom. The Bertz CT molecular complexity index is 1110. The summed E-state index contributed by atoms with van der Waals surface area (Å²) in [5, 5.41) is 11.2. The van der Waals surface area contributed by atoms with Crippen LogP contribution in [0.25, 0.3) is 11.8 Å². The Morgan fingerprint density at radius 2 is 2.04 bits per heavy atom. The van der Waals surface area contributed by atoms with Crippen LogP contribution >= 0.6 is 27.7 Å². The average Bonchev–Trinajstić information content (AvgIpc) is 2.72. The Balaban J connectivity index is 1.79. The lowest BCUT2D eigenvalue weighted by Gasteiger charge is -2.32. The number of methoxy groups -OCH3 is 1. The van der Waals surface area contributed by atoms with Crippen LogP contribution in [0.4, 0.5) is 0 Å². The van der Waals surface area contributed by atoms with E-state index in [9.17, 15) is 4.79 Å². The van der Waals surface area contributed by atoms with E-state index in [0.717, 1.165) is 26.4 Å². The van der Waals surface area contributed by atoms with Crippen LogP contribution in [-0.4, -0.2) is 35.6 Å². The van der Waals surface area contributed by atoms with Crippen LogP contribution < -0.4 is 20.6 Å². The van der Waals surface area contributed by atoms with Crippen molar-refractivity contribution >= 4 is 50.5 Å². The van der Waals surface area contributed by atoms with Crippen molar-refractivity contribution in [1.29, 1.82) is 0 Å². The number of nitrogens with one attached hydrogen (secondary N) is 1. The number of amidine groups is 1. The summed E-state index contributed by atoms with van der Waals surface area (Å²) < 4.78 is 6.08. The first-order valence-electron chi connectivity index (χ1n) is 8.52. The third kappa shape index (κ3) is 3.57. The molecule has 2 aliphatic rings. The summed E-state index contributed by atoms with van der Waals surface area (Å²) >= 11 is 4.86. The van der Waals surface area contributed by atoms with Crippen molar-refractivity contribution in [1.82, 2.24) is 10.3 Å². The molecular weight excluding hydrogens is 440 g/mol. The number of ether oxygens (including phenoxy) is 1. The molecule has 1 atom stereocenters. The second-order valence-electron chi connectivity index (χ2n) is 6.09. The highest BCUT2D eigenvalue weighted by Crippen LogP contribution is 2.22. The van der Waals surface area contributed by atoms with Crippen LogP contribution in [0, 0.1) is 0 Å². The summed E-state index contributed by atoms with van der Waals surface area (Å²) in [6, 6.07) is 13.4. The molecular formula is C20H17BrN4O2S. The number of thioether (sulfide) groups is 1. The molecule has 0 fully saturated rings. The van der Waals surface area contributed by atoms with E-state index in [1.807, 2.05) is 60.9 Å². The van der Waals surface area contributed by atoms with E-state index in [1.165, 1.54) is 11.8 Å². The van der Waals surface area contributed by atoms with Crippen molar-refractivity contribution in [3.63, 3.8) is 0 Å². The number of halogens is 1. The summed E-state index contributed by atoms with van der Waals surface area (Å²) in [5.41, 5.74) is 1.50. The van der Waals surface area contributed by atoms with Crippen molar-refractivity contribution < 1.29 is 9.53 Å². The molecule has 4 rings (SSSR count). The molecule has 1 N–H and O–H groups in total. The highest BCUT2D eigenvalue weighted by atomic mass is 79.9. The predicted molar refractivity (Wildman–Crippen MR) is 115 cm³/mol. The number of carbonyl (C=O) groups is 1. The second-order valence-corrected chi connectivity index (χ2v) is 7.80. The Hall–Kier alpha value is -2.58. The first-order valence-corrected chi connectivity index (χ1v) is 10.5. The van der Waals surface area contributed by atoms with Crippen molar-refractivity contribution in [3.8, 4) is 5.75 Å². The number of fused-ring (bicyclic) bond motifs is 2. The van der Waals surface area contributed by atoms with Crippen LogP contribution in [-0.2, 0) is 4.79 Å². The number of carbonyl (C=O) groups excluding carboxylic acids is 1. The molecule has 0 aliphatic carbocycles. The van der Waals surface area contributed by atoms with Crippen LogP contribution in [0.2, 0.25) is 0 Å². The number of hydrazone groups is 1. The quantitative estimate of drug-likeness (QED) is 0.769. The topological polar surface area (TPSA) is 66.3 Å². The lowest BCUT2D eigenvalue weighted by Crippen LogP contribution is -2.52. The first kappa shape index (κ1) is 18.8. The third-order valence-corrected chi connectivity index (χ3v) is 5.43. The summed E-state index contributed by atoms with van der Waals surface area (Å²) in [6.07, 6.45) is 5.36. The van der Waals surface area contributed by atoms with Gasteiger partial charge in [-0.25, -0.2) is 5.01 Å². The molecule has 0 spiro atoms. The predicted octanol–water partition coefficient (Wildman–Crippen LogP) is 2.30. The lowest BCUT2D eigenvalue weighted by atomic mass is 10.1. The van der Waals surface area contributed by atoms with E-state index in [2.05, 4.69) is 26.3 Å². The monoisotopic (exact) mass is 456 g/mol. The van der Waals surface area contributed by atoms with Gasteiger partial charge in [0.15, 0.2) is 11.3 Å². The molecule has 0 radical (unpaired) electrons. The number of amides is 1. The summed E-state index contributed by atoms with van der Waals surface area (Å²) in [5.74, 6) is 0.619. The molecule has 0 saturated heterocycles. The summed E-state index contributed by atoms with van der Waals surface area (Å²) in [4.78, 5) is 17.6. The molecule has 2 aromatic rings. The van der Waals surface area contributed by atoms with Gasteiger partial charge in [0.2, 0.25) is 0 Å². The number of rotatable bonds is 3. The van der Waals surface area contributed by atoms with Crippen molar-refractivity contribution in [2.45, 2.75) is 6.17 Å². The molecule has 2 heterocycles. The molecule has 2 aliphatic heterocycles. The molecule has 8 heteroatoms. The van der Waals surface area contributed by atoms with E-state index >= 15 is 0 Å². The lowest BCUT2D eigenvalue weighted by molar-refractivity contribution is -0.116. The fourth-order valence-corrected chi connectivity index (χ4v) is 3.73. The van der Waals surface area contributed by atoms with Crippen molar-refractivity contribution in [2.75, 3.05) is 13.4 Å². The standard InChI is InChI=1S/C20H17BrN4O2S/c1-27-14-7-3-12(4-8-14)5-10-17-22-16-9-6-13(21)11-15(16)18-19(26)23-20(28-2)24-25(17)18/h3-11,17H,1-2H3,(H,23,24,26)/b10-5+/t17-/m0/s1. The smallest absolute Gasteiger partial charge is 0.276 e. The van der Waals surface area contributed by atoms with Gasteiger partial charge < -0.3 is 4.74 Å². The Labute approximate surface area is 174 Å². The second kappa shape index (κ2) is 7.81. The molecule has 2 aromatic carbocycles.